The van der Waals surface area contributed by atoms with Crippen LogP contribution in [0.3, 0.4) is 0 Å². The molecule has 64 valence electrons. The predicted octanol–water partition coefficient (Wildman–Crippen LogP) is -0.417. The largest absolute Gasteiger partial charge is 0.368 e. The van der Waals surface area contributed by atoms with Crippen molar-refractivity contribution in [3.63, 3.8) is 0 Å². The minimum absolute atomic E-state index is 0.284. The van der Waals surface area contributed by atoms with E-state index in [0.717, 1.165) is 5.39 Å². The van der Waals surface area contributed by atoms with Crippen molar-refractivity contribution in [2.75, 3.05) is 5.73 Å². The van der Waals surface area contributed by atoms with Crippen LogP contribution in [0.2, 0.25) is 0 Å². The lowest BCUT2D eigenvalue weighted by atomic mass is 10.4. The van der Waals surface area contributed by atoms with Crippen molar-refractivity contribution < 1.29 is 0 Å². The van der Waals surface area contributed by atoms with E-state index in [-0.39, 0.29) is 5.95 Å². The number of aromatic nitrogens is 6. The number of hydrogen-bond acceptors (Lipinski definition) is 5. The lowest BCUT2D eigenvalue weighted by molar-refractivity contribution is 0.947. The molecule has 13 heavy (non-hydrogen) atoms. The van der Waals surface area contributed by atoms with Gasteiger partial charge in [-0.25, -0.2) is 4.98 Å². The number of hydrogen-bond donors (Lipinski definition) is 2. The summed E-state index contributed by atoms with van der Waals surface area (Å²) in [5, 5.41) is 11.3. The molecule has 0 saturated carbocycles. The van der Waals surface area contributed by atoms with Crippen molar-refractivity contribution in [3.8, 4) is 0 Å². The minimum atomic E-state index is 0.284. The molecule has 0 aromatic carbocycles. The summed E-state index contributed by atoms with van der Waals surface area (Å²) in [5.41, 5.74) is 6.84. The van der Waals surface area contributed by atoms with Crippen molar-refractivity contribution in [2.24, 2.45) is 0 Å². The zero-order valence-corrected chi connectivity index (χ0v) is 6.47. The molecule has 0 radical (unpaired) electrons. The Bertz CT molecular complexity index is 577. The topological polar surface area (TPSA) is 97.8 Å². The normalized spacial score (nSPS) is 11.4. The van der Waals surface area contributed by atoms with Gasteiger partial charge in [-0.2, -0.15) is 19.7 Å². The standard InChI is InChI=1S/C6H5N7/c7-6-11-4-3(1-9-12-4)5-8-2-10-13(5)6/h1-2H,(H3,7,9,11,12). The van der Waals surface area contributed by atoms with Crippen molar-refractivity contribution >= 4 is 22.6 Å². The van der Waals surface area contributed by atoms with Crippen LogP contribution in [0.15, 0.2) is 12.5 Å². The number of aromatic amines is 1. The van der Waals surface area contributed by atoms with Crippen LogP contribution >= 0.6 is 0 Å². The zero-order valence-electron chi connectivity index (χ0n) is 6.47. The summed E-state index contributed by atoms with van der Waals surface area (Å²) in [6.45, 7) is 0. The number of nitrogens with two attached hydrogens (primary N) is 1. The summed E-state index contributed by atoms with van der Waals surface area (Å²) in [6, 6.07) is 0. The Morgan fingerprint density at radius 3 is 3.31 bits per heavy atom. The quantitative estimate of drug-likeness (QED) is 0.483. The molecule has 0 aliphatic rings. The van der Waals surface area contributed by atoms with E-state index < -0.39 is 0 Å². The number of nitrogen functional groups attached to an aromatic ring is 1. The second-order valence-electron chi connectivity index (χ2n) is 2.59. The van der Waals surface area contributed by atoms with E-state index in [1.54, 1.807) is 6.20 Å². The fraction of sp³-hybridized carbons (Fsp3) is 0. The molecule has 3 aromatic heterocycles. The Labute approximate surface area is 71.6 Å². The monoisotopic (exact) mass is 175 g/mol. The van der Waals surface area contributed by atoms with Gasteiger partial charge in [-0.3, -0.25) is 5.10 Å². The van der Waals surface area contributed by atoms with Gasteiger partial charge in [-0.1, -0.05) is 0 Å². The third-order valence-corrected chi connectivity index (χ3v) is 1.85. The molecule has 0 fully saturated rings. The van der Waals surface area contributed by atoms with Gasteiger partial charge >= 0.3 is 0 Å². The van der Waals surface area contributed by atoms with E-state index in [1.807, 2.05) is 0 Å². The SMILES string of the molecule is Nc1nc2n[nH]cc2c2ncnn12. The Kier molecular flexibility index (Phi) is 0.950. The van der Waals surface area contributed by atoms with Gasteiger partial charge in [-0.15, -0.1) is 0 Å². The van der Waals surface area contributed by atoms with E-state index in [9.17, 15) is 0 Å². The Balaban J connectivity index is 2.70. The van der Waals surface area contributed by atoms with E-state index in [1.165, 1.54) is 10.8 Å². The summed E-state index contributed by atoms with van der Waals surface area (Å²) in [5.74, 6) is 0.284. The third kappa shape index (κ3) is 0.675. The van der Waals surface area contributed by atoms with Crippen LogP contribution in [-0.2, 0) is 0 Å². The first kappa shape index (κ1) is 6.35. The van der Waals surface area contributed by atoms with Gasteiger partial charge in [0.1, 0.15) is 6.33 Å². The van der Waals surface area contributed by atoms with Gasteiger partial charge in [0.25, 0.3) is 0 Å². The van der Waals surface area contributed by atoms with E-state index in [2.05, 4.69) is 25.3 Å². The van der Waals surface area contributed by atoms with Crippen LogP contribution < -0.4 is 5.73 Å². The summed E-state index contributed by atoms with van der Waals surface area (Å²) >= 11 is 0. The van der Waals surface area contributed by atoms with Crippen LogP contribution in [0.25, 0.3) is 16.7 Å². The molecule has 0 aliphatic heterocycles. The molecule has 0 aliphatic carbocycles. The molecule has 3 N–H and O–H groups in total. The van der Waals surface area contributed by atoms with Crippen LogP contribution in [0.1, 0.15) is 0 Å². The van der Waals surface area contributed by atoms with E-state index in [0.29, 0.717) is 11.3 Å². The highest BCUT2D eigenvalue weighted by molar-refractivity contribution is 5.88. The lowest BCUT2D eigenvalue weighted by Crippen LogP contribution is -2.01. The Morgan fingerprint density at radius 1 is 1.46 bits per heavy atom. The summed E-state index contributed by atoms with van der Waals surface area (Å²) < 4.78 is 1.47. The van der Waals surface area contributed by atoms with Gasteiger partial charge in [0.05, 0.1) is 5.39 Å². The maximum absolute atomic E-state index is 5.62. The fourth-order valence-electron chi connectivity index (χ4n) is 1.28. The maximum atomic E-state index is 5.62. The summed E-state index contributed by atoms with van der Waals surface area (Å²) in [6.07, 6.45) is 3.14. The number of nitrogens with zero attached hydrogens (tertiary/aromatic N) is 5. The molecule has 7 heteroatoms. The Morgan fingerprint density at radius 2 is 2.38 bits per heavy atom. The van der Waals surface area contributed by atoms with Gasteiger partial charge < -0.3 is 5.73 Å². The highest BCUT2D eigenvalue weighted by Gasteiger charge is 2.08. The molecule has 7 nitrogen and oxygen atoms in total. The van der Waals surface area contributed by atoms with Crippen LogP contribution in [0, 0.1) is 0 Å². The molecule has 3 rings (SSSR count). The minimum Gasteiger partial charge on any atom is -0.368 e. The molecular formula is C6H5N7. The van der Waals surface area contributed by atoms with Gasteiger partial charge in [0.15, 0.2) is 11.3 Å². The molecule has 0 bridgehead atoms. The highest BCUT2D eigenvalue weighted by atomic mass is 15.3. The third-order valence-electron chi connectivity index (χ3n) is 1.85. The molecule has 0 saturated heterocycles. The Hall–Kier alpha value is -2.18. The van der Waals surface area contributed by atoms with Crippen LogP contribution in [0.4, 0.5) is 5.95 Å². The average Bonchev–Trinajstić information content (AvgIpc) is 2.66. The van der Waals surface area contributed by atoms with Gasteiger partial charge in [0, 0.05) is 6.20 Å². The first-order chi connectivity index (χ1) is 6.36. The van der Waals surface area contributed by atoms with Crippen LogP contribution in [0.5, 0.6) is 0 Å². The smallest absolute Gasteiger partial charge is 0.225 e. The second kappa shape index (κ2) is 1.94. The fourth-order valence-corrected chi connectivity index (χ4v) is 1.28. The van der Waals surface area contributed by atoms with Gasteiger partial charge in [0.2, 0.25) is 5.95 Å². The molecule has 0 amide bonds. The van der Waals surface area contributed by atoms with Crippen molar-refractivity contribution in [3.05, 3.63) is 12.5 Å². The van der Waals surface area contributed by atoms with Crippen LogP contribution in [-0.4, -0.2) is 29.8 Å². The lowest BCUT2D eigenvalue weighted by Gasteiger charge is -1.95. The average molecular weight is 175 g/mol. The zero-order chi connectivity index (χ0) is 8.84. The molecule has 3 heterocycles. The number of anilines is 1. The van der Waals surface area contributed by atoms with E-state index in [4.69, 9.17) is 5.73 Å². The van der Waals surface area contributed by atoms with Crippen molar-refractivity contribution in [1.82, 2.24) is 29.8 Å². The molecule has 0 unspecified atom stereocenters. The molecule has 3 aromatic rings. The van der Waals surface area contributed by atoms with Crippen molar-refractivity contribution in [2.45, 2.75) is 0 Å². The highest BCUT2D eigenvalue weighted by Crippen LogP contribution is 2.14. The summed E-state index contributed by atoms with van der Waals surface area (Å²) in [7, 11) is 0. The first-order valence-corrected chi connectivity index (χ1v) is 3.65. The first-order valence-electron chi connectivity index (χ1n) is 3.65. The molecular weight excluding hydrogens is 170 g/mol. The van der Waals surface area contributed by atoms with E-state index >= 15 is 0 Å². The second-order valence-corrected chi connectivity index (χ2v) is 2.59. The van der Waals surface area contributed by atoms with Gasteiger partial charge in [-0.05, 0) is 0 Å². The maximum Gasteiger partial charge on any atom is 0.225 e. The summed E-state index contributed by atoms with van der Waals surface area (Å²) in [4.78, 5) is 8.08. The number of H-pyrrole nitrogens is 1. The van der Waals surface area contributed by atoms with Crippen molar-refractivity contribution in [1.29, 1.82) is 0 Å². The number of fused-ring (bicyclic) bond motifs is 3. The molecule has 0 atom stereocenters. The molecule has 0 spiro atoms. The number of nitrogens with one attached hydrogen (secondary N) is 1. The predicted molar refractivity (Wildman–Crippen MR) is 44.8 cm³/mol. The number of rotatable bonds is 0.